The summed E-state index contributed by atoms with van der Waals surface area (Å²) in [7, 11) is 1.50. The third kappa shape index (κ3) is 13.2. The molecule has 40 heavy (non-hydrogen) atoms. The number of esters is 1. The number of aryl methyl sites for hydroxylation is 1. The van der Waals surface area contributed by atoms with Crippen LogP contribution in [0.3, 0.4) is 0 Å². The van der Waals surface area contributed by atoms with Crippen LogP contribution in [-0.2, 0) is 14.3 Å². The highest BCUT2D eigenvalue weighted by Gasteiger charge is 2.23. The van der Waals surface area contributed by atoms with Gasteiger partial charge in [0.25, 0.3) is 0 Å². The Morgan fingerprint density at radius 3 is 2.17 bits per heavy atom. The van der Waals surface area contributed by atoms with Gasteiger partial charge in [-0.2, -0.15) is 0 Å². The molecule has 0 bridgehead atoms. The van der Waals surface area contributed by atoms with Crippen molar-refractivity contribution in [2.24, 2.45) is 5.92 Å². The number of aromatic nitrogens is 1. The molecule has 2 N–H and O–H groups in total. The van der Waals surface area contributed by atoms with Crippen molar-refractivity contribution in [2.75, 3.05) is 13.7 Å². The average Bonchev–Trinajstić information content (AvgIpc) is 3.78. The van der Waals surface area contributed by atoms with Crippen molar-refractivity contribution in [2.45, 2.75) is 80.6 Å². The quantitative estimate of drug-likeness (QED) is 0.215. The Kier molecular flexibility index (Phi) is 18.0. The molecule has 1 saturated carbocycles. The molecule has 0 saturated heterocycles. The maximum Gasteiger partial charge on any atom is 0.410 e. The largest absolute Gasteiger partial charge is 0.497 e. The summed E-state index contributed by atoms with van der Waals surface area (Å²) in [6.07, 6.45) is 2.23. The first kappa shape index (κ1) is 36.0. The molecule has 0 spiro atoms. The van der Waals surface area contributed by atoms with Crippen LogP contribution in [0, 0.1) is 12.8 Å². The molecule has 2 amide bonds. The fraction of sp³-hybridized carbons (Fsp3) is 0.500. The third-order valence-corrected chi connectivity index (χ3v) is 5.04. The topological polar surface area (TPSA) is 133 Å². The van der Waals surface area contributed by atoms with Crippen molar-refractivity contribution < 1.29 is 33.4 Å². The number of carbonyl (C=O) groups is 4. The van der Waals surface area contributed by atoms with Gasteiger partial charge in [0.15, 0.2) is 12.0 Å². The van der Waals surface area contributed by atoms with Crippen LogP contribution in [-0.4, -0.2) is 55.7 Å². The highest BCUT2D eigenvalue weighted by molar-refractivity contribution is 5.99. The van der Waals surface area contributed by atoms with Gasteiger partial charge in [-0.25, -0.2) is 14.6 Å². The standard InChI is InChI=1S/C21H24N2O6.C5H9NO.2C2H6/c1-12(2)22-21(26)29-14(4)28-20(25)19-17(9-6-13(3)23-19)18-10-16(27-5)8-7-15(18)11-24;7-4-6-3-5-1-2-5;2*1-2/h6-12,14H,1-5H3,(H,22,26);4-5H,1-3H2,(H,6,7);2*1-2H3. The van der Waals surface area contributed by atoms with E-state index in [1.54, 1.807) is 51.1 Å². The summed E-state index contributed by atoms with van der Waals surface area (Å²) in [6.45, 7) is 15.6. The van der Waals surface area contributed by atoms with E-state index >= 15 is 0 Å². The van der Waals surface area contributed by atoms with Crippen LogP contribution >= 0.6 is 0 Å². The van der Waals surface area contributed by atoms with Gasteiger partial charge in [0, 0.05) is 36.3 Å². The normalized spacial score (nSPS) is 11.9. The number of carbonyl (C=O) groups excluding carboxylic acids is 4. The maximum atomic E-state index is 12.7. The molecule has 222 valence electrons. The molecule has 1 atom stereocenters. The number of methoxy groups -OCH3 is 1. The summed E-state index contributed by atoms with van der Waals surface area (Å²) in [4.78, 5) is 49.8. The van der Waals surface area contributed by atoms with Gasteiger partial charge in [-0.3, -0.25) is 9.59 Å². The number of rotatable bonds is 10. The third-order valence-electron chi connectivity index (χ3n) is 5.04. The monoisotopic (exact) mass is 559 g/mol. The van der Waals surface area contributed by atoms with E-state index in [0.29, 0.717) is 34.4 Å². The van der Waals surface area contributed by atoms with Gasteiger partial charge in [0.05, 0.1) is 7.11 Å². The van der Waals surface area contributed by atoms with Crippen LogP contribution in [0.25, 0.3) is 11.1 Å². The molecule has 1 heterocycles. The lowest BCUT2D eigenvalue weighted by Crippen LogP contribution is -2.34. The highest BCUT2D eigenvalue weighted by Crippen LogP contribution is 2.30. The molecule has 2 aromatic rings. The van der Waals surface area contributed by atoms with Gasteiger partial charge in [0.2, 0.25) is 12.7 Å². The van der Waals surface area contributed by atoms with E-state index in [2.05, 4.69) is 15.6 Å². The van der Waals surface area contributed by atoms with E-state index in [1.807, 2.05) is 27.7 Å². The number of aldehydes is 1. The van der Waals surface area contributed by atoms with Crippen LogP contribution in [0.15, 0.2) is 30.3 Å². The van der Waals surface area contributed by atoms with Crippen molar-refractivity contribution in [3.63, 3.8) is 0 Å². The minimum atomic E-state index is -1.13. The van der Waals surface area contributed by atoms with Crippen LogP contribution < -0.4 is 15.4 Å². The Hall–Kier alpha value is -3.95. The molecule has 0 aliphatic heterocycles. The lowest BCUT2D eigenvalue weighted by Gasteiger charge is -2.17. The summed E-state index contributed by atoms with van der Waals surface area (Å²) in [5.74, 6) is 0.547. The second-order valence-electron chi connectivity index (χ2n) is 8.57. The van der Waals surface area contributed by atoms with Gasteiger partial charge in [-0.1, -0.05) is 33.8 Å². The number of pyridine rings is 1. The first-order valence-electron chi connectivity index (χ1n) is 13.6. The SMILES string of the molecule is CC.CC.COc1ccc(C=O)c(-c2ccc(C)nc2C(=O)OC(C)OC(=O)NC(C)C)c1.O=CNCC1CC1. The number of alkyl carbamates (subject to hydrolysis) is 1. The number of nitrogens with zero attached hydrogens (tertiary/aromatic N) is 1. The van der Waals surface area contributed by atoms with E-state index in [4.69, 9.17) is 14.2 Å². The van der Waals surface area contributed by atoms with Crippen molar-refractivity contribution in [3.8, 4) is 16.9 Å². The Bertz CT molecular complexity index is 1070. The number of nitrogens with one attached hydrogen (secondary N) is 2. The molecule has 10 heteroatoms. The minimum Gasteiger partial charge on any atom is -0.497 e. The Balaban J connectivity index is 0.00000117. The maximum absolute atomic E-state index is 12.7. The molecule has 1 fully saturated rings. The first-order chi connectivity index (χ1) is 19.2. The molecule has 1 aliphatic rings. The molecule has 1 aromatic carbocycles. The number of benzene rings is 1. The second kappa shape index (κ2) is 20.0. The molecule has 1 unspecified atom stereocenters. The van der Waals surface area contributed by atoms with Crippen molar-refractivity contribution in [3.05, 3.63) is 47.3 Å². The van der Waals surface area contributed by atoms with E-state index < -0.39 is 18.4 Å². The summed E-state index contributed by atoms with van der Waals surface area (Å²) in [5.41, 5.74) is 1.83. The smallest absolute Gasteiger partial charge is 0.410 e. The van der Waals surface area contributed by atoms with Crippen LogP contribution in [0.2, 0.25) is 0 Å². The van der Waals surface area contributed by atoms with Crippen molar-refractivity contribution in [1.82, 2.24) is 15.6 Å². The molecular formula is C30H45N3O7. The van der Waals surface area contributed by atoms with Gasteiger partial charge in [-0.05, 0) is 69.4 Å². The van der Waals surface area contributed by atoms with E-state index in [9.17, 15) is 19.2 Å². The van der Waals surface area contributed by atoms with Gasteiger partial charge >= 0.3 is 12.1 Å². The Morgan fingerprint density at radius 2 is 1.65 bits per heavy atom. The molecule has 3 rings (SSSR count). The number of amides is 2. The minimum absolute atomic E-state index is 0.000991. The van der Waals surface area contributed by atoms with E-state index in [0.717, 1.165) is 18.9 Å². The summed E-state index contributed by atoms with van der Waals surface area (Å²) < 4.78 is 15.5. The van der Waals surface area contributed by atoms with Crippen molar-refractivity contribution >= 4 is 24.8 Å². The number of hydrogen-bond donors (Lipinski definition) is 2. The van der Waals surface area contributed by atoms with Crippen molar-refractivity contribution in [1.29, 1.82) is 0 Å². The lowest BCUT2D eigenvalue weighted by molar-refractivity contribution is -0.109. The second-order valence-corrected chi connectivity index (χ2v) is 8.57. The number of hydrogen-bond acceptors (Lipinski definition) is 8. The summed E-state index contributed by atoms with van der Waals surface area (Å²) in [5, 5.41) is 5.17. The van der Waals surface area contributed by atoms with E-state index in [1.165, 1.54) is 26.9 Å². The van der Waals surface area contributed by atoms with Crippen LogP contribution in [0.4, 0.5) is 4.79 Å². The molecule has 0 radical (unpaired) electrons. The average molecular weight is 560 g/mol. The summed E-state index contributed by atoms with van der Waals surface area (Å²) >= 11 is 0. The van der Waals surface area contributed by atoms with Gasteiger partial charge < -0.3 is 24.8 Å². The zero-order chi connectivity index (χ0) is 30.7. The zero-order valence-electron chi connectivity index (χ0n) is 25.2. The zero-order valence-corrected chi connectivity index (χ0v) is 25.2. The van der Waals surface area contributed by atoms with Crippen LogP contribution in [0.5, 0.6) is 5.75 Å². The van der Waals surface area contributed by atoms with Gasteiger partial charge in [-0.15, -0.1) is 0 Å². The Labute approximate surface area is 238 Å². The van der Waals surface area contributed by atoms with Crippen LogP contribution in [0.1, 0.15) is 87.8 Å². The molecule has 1 aromatic heterocycles. The molecule has 1 aliphatic carbocycles. The Morgan fingerprint density at radius 1 is 1.00 bits per heavy atom. The fourth-order valence-electron chi connectivity index (χ4n) is 3.12. The van der Waals surface area contributed by atoms with Gasteiger partial charge in [0.1, 0.15) is 5.75 Å². The summed E-state index contributed by atoms with van der Waals surface area (Å²) in [6, 6.07) is 8.16. The first-order valence-corrected chi connectivity index (χ1v) is 13.6. The molecule has 10 nitrogen and oxygen atoms in total. The predicted octanol–water partition coefficient (Wildman–Crippen LogP) is 5.71. The molecular weight excluding hydrogens is 514 g/mol. The van der Waals surface area contributed by atoms with E-state index in [-0.39, 0.29) is 11.7 Å². The predicted molar refractivity (Wildman–Crippen MR) is 155 cm³/mol. The highest BCUT2D eigenvalue weighted by atomic mass is 16.7. The lowest BCUT2D eigenvalue weighted by atomic mass is 9.98. The fourth-order valence-corrected chi connectivity index (χ4v) is 3.12. The number of ether oxygens (including phenoxy) is 3.